The van der Waals surface area contributed by atoms with Gasteiger partial charge in [-0.25, -0.2) is 0 Å². The van der Waals surface area contributed by atoms with Crippen LogP contribution in [-0.4, -0.2) is 37.1 Å². The second kappa shape index (κ2) is 7.01. The first-order chi connectivity index (χ1) is 8.60. The topological polar surface area (TPSA) is 55.6 Å². The summed E-state index contributed by atoms with van der Waals surface area (Å²) in [5.41, 5.74) is 8.11. The van der Waals surface area contributed by atoms with Crippen LogP contribution >= 0.6 is 0 Å². The summed E-state index contributed by atoms with van der Waals surface area (Å²) in [7, 11) is 0. The van der Waals surface area contributed by atoms with Crippen LogP contribution in [0.2, 0.25) is 0 Å². The Hall–Kier alpha value is -1.55. The predicted molar refractivity (Wildman–Crippen MR) is 73.7 cm³/mol. The zero-order chi connectivity index (χ0) is 13.5. The Balaban J connectivity index is 2.73. The van der Waals surface area contributed by atoms with Crippen molar-refractivity contribution >= 4 is 11.6 Å². The van der Waals surface area contributed by atoms with Crippen molar-refractivity contribution < 1.29 is 9.53 Å². The van der Waals surface area contributed by atoms with Crippen LogP contribution in [0.25, 0.3) is 0 Å². The summed E-state index contributed by atoms with van der Waals surface area (Å²) in [6.07, 6.45) is 0. The zero-order valence-corrected chi connectivity index (χ0v) is 11.4. The Morgan fingerprint density at radius 2 is 2.11 bits per heavy atom. The molecule has 4 nitrogen and oxygen atoms in total. The molecule has 0 aromatic heterocycles. The fourth-order valence-electron chi connectivity index (χ4n) is 1.68. The molecule has 0 atom stereocenters. The molecule has 100 valence electrons. The monoisotopic (exact) mass is 250 g/mol. The number of ether oxygens (including phenoxy) is 1. The number of carbonyl (C=O) groups excluding carboxylic acids is 1. The highest BCUT2D eigenvalue weighted by atomic mass is 16.5. The normalized spacial score (nSPS) is 10.4. The van der Waals surface area contributed by atoms with Gasteiger partial charge in [0, 0.05) is 30.9 Å². The van der Waals surface area contributed by atoms with Gasteiger partial charge in [0.15, 0.2) is 0 Å². The molecule has 0 aliphatic rings. The molecule has 1 aromatic rings. The van der Waals surface area contributed by atoms with Gasteiger partial charge in [-0.2, -0.15) is 0 Å². The summed E-state index contributed by atoms with van der Waals surface area (Å²) in [5.74, 6) is 0.00361. The first-order valence-electron chi connectivity index (χ1n) is 6.33. The molecule has 1 aromatic carbocycles. The standard InChI is InChI=1S/C14H22N2O2/c1-4-16(8-9-18-5-2)14(17)12-7-6-11(3)13(15)10-12/h6-7,10H,4-5,8-9,15H2,1-3H3. The molecule has 1 amide bonds. The van der Waals surface area contributed by atoms with Crippen molar-refractivity contribution in [3.05, 3.63) is 29.3 Å². The molecule has 18 heavy (non-hydrogen) atoms. The molecule has 0 unspecified atom stereocenters. The number of benzene rings is 1. The quantitative estimate of drug-likeness (QED) is 0.621. The van der Waals surface area contributed by atoms with E-state index in [0.29, 0.717) is 37.6 Å². The van der Waals surface area contributed by atoms with E-state index in [1.165, 1.54) is 0 Å². The maximum atomic E-state index is 12.2. The highest BCUT2D eigenvalue weighted by Crippen LogP contribution is 2.14. The highest BCUT2D eigenvalue weighted by Gasteiger charge is 2.14. The lowest BCUT2D eigenvalue weighted by Crippen LogP contribution is -2.33. The number of hydrogen-bond acceptors (Lipinski definition) is 3. The van der Waals surface area contributed by atoms with E-state index in [0.717, 1.165) is 5.56 Å². The fourth-order valence-corrected chi connectivity index (χ4v) is 1.68. The minimum Gasteiger partial charge on any atom is -0.398 e. The molecule has 0 bridgehead atoms. The Kier molecular flexibility index (Phi) is 5.65. The fraction of sp³-hybridized carbons (Fsp3) is 0.500. The van der Waals surface area contributed by atoms with Gasteiger partial charge in [0.05, 0.1) is 6.61 Å². The molecule has 2 N–H and O–H groups in total. The van der Waals surface area contributed by atoms with Gasteiger partial charge in [-0.15, -0.1) is 0 Å². The van der Waals surface area contributed by atoms with E-state index >= 15 is 0 Å². The first-order valence-corrected chi connectivity index (χ1v) is 6.33. The van der Waals surface area contributed by atoms with Gasteiger partial charge in [-0.1, -0.05) is 6.07 Å². The van der Waals surface area contributed by atoms with Gasteiger partial charge in [0.2, 0.25) is 0 Å². The van der Waals surface area contributed by atoms with Gasteiger partial charge in [-0.05, 0) is 38.5 Å². The average molecular weight is 250 g/mol. The highest BCUT2D eigenvalue weighted by molar-refractivity contribution is 5.95. The summed E-state index contributed by atoms with van der Waals surface area (Å²) in [5, 5.41) is 0. The second-order valence-corrected chi connectivity index (χ2v) is 4.15. The molecule has 0 aliphatic carbocycles. The minimum atomic E-state index is 0.00361. The van der Waals surface area contributed by atoms with Gasteiger partial charge >= 0.3 is 0 Å². The van der Waals surface area contributed by atoms with Crippen molar-refractivity contribution in [3.63, 3.8) is 0 Å². The molecule has 1 rings (SSSR count). The molecule has 0 aliphatic heterocycles. The summed E-state index contributed by atoms with van der Waals surface area (Å²) in [4.78, 5) is 14.0. The van der Waals surface area contributed by atoms with Crippen LogP contribution in [0.3, 0.4) is 0 Å². The third-order valence-corrected chi connectivity index (χ3v) is 2.90. The van der Waals surface area contributed by atoms with E-state index in [2.05, 4.69) is 0 Å². The molecular formula is C14H22N2O2. The molecule has 0 saturated carbocycles. The van der Waals surface area contributed by atoms with Crippen LogP contribution in [-0.2, 0) is 4.74 Å². The van der Waals surface area contributed by atoms with Gasteiger partial charge in [0.25, 0.3) is 5.91 Å². The largest absolute Gasteiger partial charge is 0.398 e. The smallest absolute Gasteiger partial charge is 0.253 e. The van der Waals surface area contributed by atoms with Gasteiger partial charge < -0.3 is 15.4 Å². The number of nitrogens with zero attached hydrogens (tertiary/aromatic N) is 1. The molecule has 0 fully saturated rings. The maximum absolute atomic E-state index is 12.2. The van der Waals surface area contributed by atoms with Crippen LogP contribution in [0.5, 0.6) is 0 Å². The number of anilines is 1. The van der Waals surface area contributed by atoms with E-state index in [4.69, 9.17) is 10.5 Å². The average Bonchev–Trinajstić information content (AvgIpc) is 2.37. The van der Waals surface area contributed by atoms with E-state index in [-0.39, 0.29) is 5.91 Å². The lowest BCUT2D eigenvalue weighted by atomic mass is 10.1. The number of nitrogen functional groups attached to an aromatic ring is 1. The second-order valence-electron chi connectivity index (χ2n) is 4.15. The van der Waals surface area contributed by atoms with Crippen molar-refractivity contribution in [1.29, 1.82) is 0 Å². The van der Waals surface area contributed by atoms with Crippen LogP contribution in [0.15, 0.2) is 18.2 Å². The number of nitrogens with two attached hydrogens (primary N) is 1. The SMILES string of the molecule is CCOCCN(CC)C(=O)c1ccc(C)c(N)c1. The third kappa shape index (κ3) is 3.74. The predicted octanol–water partition coefficient (Wildman–Crippen LogP) is 2.08. The Morgan fingerprint density at radius 3 is 2.67 bits per heavy atom. The summed E-state index contributed by atoms with van der Waals surface area (Å²) < 4.78 is 5.28. The lowest BCUT2D eigenvalue weighted by Gasteiger charge is -2.21. The Labute approximate surface area is 109 Å². The minimum absolute atomic E-state index is 0.00361. The van der Waals surface area contributed by atoms with Crippen LogP contribution in [0.4, 0.5) is 5.69 Å². The van der Waals surface area contributed by atoms with E-state index in [9.17, 15) is 4.79 Å². The molecule has 0 spiro atoms. The molecule has 0 radical (unpaired) electrons. The van der Waals surface area contributed by atoms with E-state index in [1.807, 2.05) is 32.9 Å². The number of hydrogen-bond donors (Lipinski definition) is 1. The van der Waals surface area contributed by atoms with Crippen molar-refractivity contribution in [3.8, 4) is 0 Å². The maximum Gasteiger partial charge on any atom is 0.253 e. The third-order valence-electron chi connectivity index (χ3n) is 2.90. The van der Waals surface area contributed by atoms with Gasteiger partial charge in [-0.3, -0.25) is 4.79 Å². The number of likely N-dealkylation sites (N-methyl/N-ethyl adjacent to an activating group) is 1. The zero-order valence-electron chi connectivity index (χ0n) is 11.4. The number of rotatable bonds is 6. The van der Waals surface area contributed by atoms with Crippen molar-refractivity contribution in [2.75, 3.05) is 32.0 Å². The van der Waals surface area contributed by atoms with Crippen LogP contribution < -0.4 is 5.73 Å². The Morgan fingerprint density at radius 1 is 1.39 bits per heavy atom. The van der Waals surface area contributed by atoms with Crippen LogP contribution in [0, 0.1) is 6.92 Å². The van der Waals surface area contributed by atoms with E-state index < -0.39 is 0 Å². The van der Waals surface area contributed by atoms with Crippen molar-refractivity contribution in [2.24, 2.45) is 0 Å². The summed E-state index contributed by atoms with van der Waals surface area (Å²) in [6, 6.07) is 5.43. The molecule has 4 heteroatoms. The number of aryl methyl sites for hydroxylation is 1. The lowest BCUT2D eigenvalue weighted by molar-refractivity contribution is 0.0669. The van der Waals surface area contributed by atoms with E-state index in [1.54, 1.807) is 11.0 Å². The van der Waals surface area contributed by atoms with Crippen molar-refractivity contribution in [1.82, 2.24) is 4.90 Å². The molecule has 0 heterocycles. The first kappa shape index (κ1) is 14.5. The summed E-state index contributed by atoms with van der Waals surface area (Å²) in [6.45, 7) is 8.34. The van der Waals surface area contributed by atoms with Crippen molar-refractivity contribution in [2.45, 2.75) is 20.8 Å². The number of carbonyl (C=O) groups is 1. The molecule has 0 saturated heterocycles. The summed E-state index contributed by atoms with van der Waals surface area (Å²) >= 11 is 0. The number of amides is 1. The van der Waals surface area contributed by atoms with Crippen LogP contribution in [0.1, 0.15) is 29.8 Å². The Bertz CT molecular complexity index is 405. The molecular weight excluding hydrogens is 228 g/mol. The van der Waals surface area contributed by atoms with Gasteiger partial charge in [0.1, 0.15) is 0 Å².